The maximum atomic E-state index is 13.5. The van der Waals surface area contributed by atoms with Crippen molar-refractivity contribution >= 4 is 23.2 Å². The van der Waals surface area contributed by atoms with Gasteiger partial charge in [0.2, 0.25) is 11.8 Å². The highest BCUT2D eigenvalue weighted by Gasteiger charge is 2.35. The number of carbonyl (C=O) groups excluding carboxylic acids is 2. The third-order valence-corrected chi connectivity index (χ3v) is 7.17. The fraction of sp³-hybridized carbons (Fsp3) is 0.520. The first kappa shape index (κ1) is 22.6. The van der Waals surface area contributed by atoms with E-state index >= 15 is 0 Å². The lowest BCUT2D eigenvalue weighted by atomic mass is 10.00. The van der Waals surface area contributed by atoms with Crippen LogP contribution in [-0.2, 0) is 16.0 Å². The van der Waals surface area contributed by atoms with E-state index in [4.69, 9.17) is 9.47 Å². The summed E-state index contributed by atoms with van der Waals surface area (Å²) in [5.74, 6) is 1.93. The highest BCUT2D eigenvalue weighted by molar-refractivity contribution is 7.10. The monoisotopic (exact) mass is 456 g/mol. The van der Waals surface area contributed by atoms with E-state index in [9.17, 15) is 9.59 Å². The van der Waals surface area contributed by atoms with Gasteiger partial charge < -0.3 is 19.3 Å². The Morgan fingerprint density at radius 3 is 2.72 bits per heavy atom. The van der Waals surface area contributed by atoms with E-state index in [-0.39, 0.29) is 30.3 Å². The molecule has 32 heavy (non-hydrogen) atoms. The Labute approximate surface area is 194 Å². The van der Waals surface area contributed by atoms with E-state index in [1.807, 2.05) is 43.0 Å². The molecule has 1 atom stereocenters. The number of carbonyl (C=O) groups is 2. The standard InChI is InChI=1S/C25H32N2O4S/c1-17(2)25(29)26(14-18-7-8-18)15-24(28)27-11-9-23-21(10-12-32-23)22(27)16-31-20-6-4-5-19(13-20)30-3/h4-6,10,12-13,17-18,22H,7-9,11,14-16H2,1-3H3/t22-/m0/s1. The average Bonchev–Trinajstić information content (AvgIpc) is 3.48. The molecule has 2 aromatic rings. The molecule has 0 saturated heterocycles. The predicted molar refractivity (Wildman–Crippen MR) is 125 cm³/mol. The van der Waals surface area contributed by atoms with Crippen molar-refractivity contribution < 1.29 is 19.1 Å². The third-order valence-electron chi connectivity index (χ3n) is 6.17. The van der Waals surface area contributed by atoms with Gasteiger partial charge in [0, 0.05) is 30.0 Å². The minimum Gasteiger partial charge on any atom is -0.497 e. The molecule has 0 unspecified atom stereocenters. The van der Waals surface area contributed by atoms with Crippen molar-refractivity contribution in [2.24, 2.45) is 11.8 Å². The smallest absolute Gasteiger partial charge is 0.242 e. The number of amides is 2. The minimum absolute atomic E-state index is 0.00394. The Hall–Kier alpha value is -2.54. The van der Waals surface area contributed by atoms with Crippen molar-refractivity contribution in [1.29, 1.82) is 0 Å². The lowest BCUT2D eigenvalue weighted by Crippen LogP contribution is -2.49. The SMILES string of the molecule is COc1cccc(OC[C@H]2c3ccsc3CCN2C(=O)CN(CC2CC2)C(=O)C(C)C)c1. The minimum atomic E-state index is -0.166. The fourth-order valence-electron chi connectivity index (χ4n) is 4.20. The van der Waals surface area contributed by atoms with Crippen LogP contribution in [0.15, 0.2) is 35.7 Å². The number of thiophene rings is 1. The zero-order chi connectivity index (χ0) is 22.7. The zero-order valence-electron chi connectivity index (χ0n) is 19.1. The Bertz CT molecular complexity index is 953. The van der Waals surface area contributed by atoms with Crippen LogP contribution in [0.5, 0.6) is 11.5 Å². The molecule has 0 spiro atoms. The molecule has 1 aromatic heterocycles. The van der Waals surface area contributed by atoms with Crippen LogP contribution in [-0.4, -0.2) is 55.0 Å². The second kappa shape index (κ2) is 9.94. The van der Waals surface area contributed by atoms with Gasteiger partial charge in [-0.05, 0) is 54.3 Å². The second-order valence-electron chi connectivity index (χ2n) is 8.96. The van der Waals surface area contributed by atoms with Crippen LogP contribution in [0.1, 0.15) is 43.2 Å². The van der Waals surface area contributed by atoms with Gasteiger partial charge in [-0.1, -0.05) is 19.9 Å². The summed E-state index contributed by atoms with van der Waals surface area (Å²) in [6, 6.07) is 9.44. The molecule has 0 N–H and O–H groups in total. The van der Waals surface area contributed by atoms with Gasteiger partial charge in [-0.3, -0.25) is 9.59 Å². The van der Waals surface area contributed by atoms with Crippen LogP contribution in [0.2, 0.25) is 0 Å². The number of hydrogen-bond donors (Lipinski definition) is 0. The van der Waals surface area contributed by atoms with E-state index in [2.05, 4.69) is 11.4 Å². The molecule has 6 nitrogen and oxygen atoms in total. The van der Waals surface area contributed by atoms with Gasteiger partial charge in [0.1, 0.15) is 18.1 Å². The normalized spacial score (nSPS) is 17.8. The molecule has 172 valence electrons. The topological polar surface area (TPSA) is 59.1 Å². The maximum absolute atomic E-state index is 13.5. The van der Waals surface area contributed by atoms with Crippen molar-refractivity contribution in [3.8, 4) is 11.5 Å². The predicted octanol–water partition coefficient (Wildman–Crippen LogP) is 4.16. The Morgan fingerprint density at radius 1 is 1.22 bits per heavy atom. The summed E-state index contributed by atoms with van der Waals surface area (Å²) in [5, 5.41) is 2.08. The highest BCUT2D eigenvalue weighted by Crippen LogP contribution is 2.35. The van der Waals surface area contributed by atoms with E-state index in [1.165, 1.54) is 4.88 Å². The molecule has 2 amide bonds. The van der Waals surface area contributed by atoms with E-state index in [0.29, 0.717) is 31.4 Å². The first-order chi connectivity index (χ1) is 15.5. The number of hydrogen-bond acceptors (Lipinski definition) is 5. The summed E-state index contributed by atoms with van der Waals surface area (Å²) in [5.41, 5.74) is 1.15. The van der Waals surface area contributed by atoms with Crippen LogP contribution in [0, 0.1) is 11.8 Å². The van der Waals surface area contributed by atoms with Crippen LogP contribution < -0.4 is 9.47 Å². The maximum Gasteiger partial charge on any atom is 0.242 e. The van der Waals surface area contributed by atoms with E-state index < -0.39 is 0 Å². The summed E-state index contributed by atoms with van der Waals surface area (Å²) in [4.78, 5) is 31.2. The average molecular weight is 457 g/mol. The molecule has 7 heteroatoms. The van der Waals surface area contributed by atoms with Gasteiger partial charge in [0.15, 0.2) is 0 Å². The molecular formula is C25H32N2O4S. The molecule has 2 heterocycles. The Balaban J connectivity index is 1.50. The van der Waals surface area contributed by atoms with Gasteiger partial charge in [-0.2, -0.15) is 0 Å². The van der Waals surface area contributed by atoms with Crippen LogP contribution in [0.25, 0.3) is 0 Å². The van der Waals surface area contributed by atoms with Crippen molar-refractivity contribution in [2.75, 3.05) is 33.4 Å². The molecule has 1 fully saturated rings. The van der Waals surface area contributed by atoms with Crippen molar-refractivity contribution in [1.82, 2.24) is 9.80 Å². The van der Waals surface area contributed by atoms with Gasteiger partial charge in [-0.15, -0.1) is 11.3 Å². The van der Waals surface area contributed by atoms with Gasteiger partial charge in [0.05, 0.1) is 19.7 Å². The molecule has 1 aromatic carbocycles. The molecule has 4 rings (SSSR count). The summed E-state index contributed by atoms with van der Waals surface area (Å²) in [6.07, 6.45) is 3.14. The van der Waals surface area contributed by atoms with Gasteiger partial charge >= 0.3 is 0 Å². The third kappa shape index (κ3) is 5.26. The van der Waals surface area contributed by atoms with Gasteiger partial charge in [0.25, 0.3) is 0 Å². The number of ether oxygens (including phenoxy) is 2. The summed E-state index contributed by atoms with van der Waals surface area (Å²) in [7, 11) is 1.63. The highest BCUT2D eigenvalue weighted by atomic mass is 32.1. The molecule has 1 aliphatic carbocycles. The summed E-state index contributed by atoms with van der Waals surface area (Å²) >= 11 is 1.73. The first-order valence-electron chi connectivity index (χ1n) is 11.4. The Morgan fingerprint density at radius 2 is 2.00 bits per heavy atom. The number of methoxy groups -OCH3 is 1. The Kier molecular flexibility index (Phi) is 7.04. The number of rotatable bonds is 9. The molecule has 1 aliphatic heterocycles. The quantitative estimate of drug-likeness (QED) is 0.569. The van der Waals surface area contributed by atoms with Crippen molar-refractivity contribution in [2.45, 2.75) is 39.2 Å². The van der Waals surface area contributed by atoms with Crippen molar-refractivity contribution in [3.05, 3.63) is 46.2 Å². The first-order valence-corrected chi connectivity index (χ1v) is 12.3. The zero-order valence-corrected chi connectivity index (χ0v) is 19.9. The van der Waals surface area contributed by atoms with E-state index in [0.717, 1.165) is 30.6 Å². The van der Waals surface area contributed by atoms with Gasteiger partial charge in [-0.25, -0.2) is 0 Å². The van der Waals surface area contributed by atoms with Crippen LogP contribution >= 0.6 is 11.3 Å². The largest absolute Gasteiger partial charge is 0.497 e. The number of nitrogens with zero attached hydrogens (tertiary/aromatic N) is 2. The summed E-state index contributed by atoms with van der Waals surface area (Å²) in [6.45, 7) is 5.63. The van der Waals surface area contributed by atoms with E-state index in [1.54, 1.807) is 23.3 Å². The second-order valence-corrected chi connectivity index (χ2v) is 9.96. The lowest BCUT2D eigenvalue weighted by Gasteiger charge is -2.37. The summed E-state index contributed by atoms with van der Waals surface area (Å²) < 4.78 is 11.4. The molecule has 0 bridgehead atoms. The van der Waals surface area contributed by atoms with Crippen molar-refractivity contribution in [3.63, 3.8) is 0 Å². The molecule has 0 radical (unpaired) electrons. The van der Waals surface area contributed by atoms with Crippen LogP contribution in [0.4, 0.5) is 0 Å². The number of benzene rings is 1. The fourth-order valence-corrected chi connectivity index (χ4v) is 5.13. The molecular weight excluding hydrogens is 424 g/mol. The van der Waals surface area contributed by atoms with Crippen LogP contribution in [0.3, 0.4) is 0 Å². The molecule has 1 saturated carbocycles. The number of fused-ring (bicyclic) bond motifs is 1. The molecule has 2 aliphatic rings. The lowest BCUT2D eigenvalue weighted by molar-refractivity contribution is -0.144.